The molecular formula is C11H13BrN2O3S. The number of likely N-dealkylation sites (tertiary alicyclic amines) is 1. The molecule has 2 heterocycles. The van der Waals surface area contributed by atoms with E-state index in [0.29, 0.717) is 24.4 Å². The van der Waals surface area contributed by atoms with E-state index < -0.39 is 6.10 Å². The van der Waals surface area contributed by atoms with Gasteiger partial charge in [-0.15, -0.1) is 11.3 Å². The largest absolute Gasteiger partial charge is 0.391 e. The van der Waals surface area contributed by atoms with Gasteiger partial charge in [0, 0.05) is 13.1 Å². The van der Waals surface area contributed by atoms with Crippen molar-refractivity contribution in [2.45, 2.75) is 12.5 Å². The molecule has 1 fully saturated rings. The van der Waals surface area contributed by atoms with Gasteiger partial charge in [-0.2, -0.15) is 0 Å². The van der Waals surface area contributed by atoms with Crippen LogP contribution in [0.25, 0.3) is 0 Å². The molecule has 0 aliphatic carbocycles. The molecule has 1 aromatic rings. The molecule has 2 N–H and O–H groups in total. The molecule has 1 atom stereocenters. The number of nitrogens with one attached hydrogen (secondary N) is 1. The van der Waals surface area contributed by atoms with Gasteiger partial charge in [-0.05, 0) is 34.5 Å². The van der Waals surface area contributed by atoms with Crippen molar-refractivity contribution >= 4 is 39.1 Å². The van der Waals surface area contributed by atoms with Gasteiger partial charge in [0.2, 0.25) is 5.91 Å². The van der Waals surface area contributed by atoms with Gasteiger partial charge < -0.3 is 15.3 Å². The summed E-state index contributed by atoms with van der Waals surface area (Å²) in [7, 11) is 0. The van der Waals surface area contributed by atoms with Crippen LogP contribution in [0.1, 0.15) is 16.1 Å². The number of hydrogen-bond donors (Lipinski definition) is 2. The molecule has 1 saturated heterocycles. The fraction of sp³-hybridized carbons (Fsp3) is 0.455. The highest BCUT2D eigenvalue weighted by Gasteiger charge is 2.24. The number of hydrogen-bond acceptors (Lipinski definition) is 4. The predicted octanol–water partition coefficient (Wildman–Crippen LogP) is 0.834. The second-order valence-corrected chi connectivity index (χ2v) is 6.53. The lowest BCUT2D eigenvalue weighted by Crippen LogP contribution is -2.39. The van der Waals surface area contributed by atoms with Crippen LogP contribution in [-0.2, 0) is 4.79 Å². The molecule has 1 aliphatic rings. The van der Waals surface area contributed by atoms with Crippen molar-refractivity contribution in [1.82, 2.24) is 10.2 Å². The molecule has 0 bridgehead atoms. The number of rotatable bonds is 3. The van der Waals surface area contributed by atoms with Crippen LogP contribution in [0.4, 0.5) is 0 Å². The van der Waals surface area contributed by atoms with Crippen molar-refractivity contribution in [3.63, 3.8) is 0 Å². The van der Waals surface area contributed by atoms with Crippen LogP contribution in [0.3, 0.4) is 0 Å². The lowest BCUT2D eigenvalue weighted by molar-refractivity contribution is -0.129. The van der Waals surface area contributed by atoms with Gasteiger partial charge in [0.25, 0.3) is 5.91 Å². The van der Waals surface area contributed by atoms with Crippen LogP contribution in [-0.4, -0.2) is 47.6 Å². The second kappa shape index (κ2) is 5.81. The molecule has 2 amide bonds. The Bertz CT molecular complexity index is 463. The van der Waals surface area contributed by atoms with E-state index in [9.17, 15) is 14.7 Å². The number of amides is 2. The second-order valence-electron chi connectivity index (χ2n) is 4.07. The van der Waals surface area contributed by atoms with Crippen LogP contribution < -0.4 is 5.32 Å². The maximum Gasteiger partial charge on any atom is 0.261 e. The number of nitrogens with zero attached hydrogens (tertiary/aromatic N) is 1. The van der Waals surface area contributed by atoms with Crippen molar-refractivity contribution in [3.05, 3.63) is 20.8 Å². The first kappa shape index (κ1) is 13.5. The summed E-state index contributed by atoms with van der Waals surface area (Å²) >= 11 is 4.60. The van der Waals surface area contributed by atoms with Gasteiger partial charge in [-0.25, -0.2) is 0 Å². The molecule has 1 aromatic heterocycles. The van der Waals surface area contributed by atoms with Gasteiger partial charge >= 0.3 is 0 Å². The van der Waals surface area contributed by atoms with Crippen LogP contribution >= 0.6 is 27.3 Å². The zero-order chi connectivity index (χ0) is 13.1. The highest BCUT2D eigenvalue weighted by Crippen LogP contribution is 2.21. The van der Waals surface area contributed by atoms with E-state index in [1.165, 1.54) is 11.3 Å². The highest BCUT2D eigenvalue weighted by molar-refractivity contribution is 9.11. The number of β-amino-alcohol motifs (C(OH)–C–C–N with tert-alkyl or cyclic N) is 1. The quantitative estimate of drug-likeness (QED) is 0.861. The lowest BCUT2D eigenvalue weighted by Gasteiger charge is -2.15. The van der Waals surface area contributed by atoms with Crippen LogP contribution in [0, 0.1) is 0 Å². The molecule has 0 saturated carbocycles. The molecular weight excluding hydrogens is 320 g/mol. The summed E-state index contributed by atoms with van der Waals surface area (Å²) < 4.78 is 0.877. The Hall–Kier alpha value is -0.920. The molecule has 5 nitrogen and oxygen atoms in total. The summed E-state index contributed by atoms with van der Waals surface area (Å²) in [6.07, 6.45) is 0.176. The van der Waals surface area contributed by atoms with Crippen molar-refractivity contribution in [3.8, 4) is 0 Å². The van der Waals surface area contributed by atoms with Crippen molar-refractivity contribution in [2.75, 3.05) is 19.6 Å². The number of aliphatic hydroxyl groups excluding tert-OH is 1. The molecule has 0 radical (unpaired) electrons. The Morgan fingerprint density at radius 3 is 2.89 bits per heavy atom. The fourth-order valence-corrected chi connectivity index (χ4v) is 3.06. The molecule has 0 aromatic carbocycles. The van der Waals surface area contributed by atoms with Gasteiger partial charge in [0.15, 0.2) is 0 Å². The molecule has 98 valence electrons. The SMILES string of the molecule is O=C(NCC(=O)N1CC[C@@H](O)C1)c1ccc(Br)s1. The monoisotopic (exact) mass is 332 g/mol. The van der Waals surface area contributed by atoms with Crippen molar-refractivity contribution < 1.29 is 14.7 Å². The van der Waals surface area contributed by atoms with Gasteiger partial charge in [-0.3, -0.25) is 9.59 Å². The number of thiophene rings is 1. The molecule has 1 aliphatic heterocycles. The minimum Gasteiger partial charge on any atom is -0.391 e. The number of carbonyl (C=O) groups is 2. The number of halogens is 1. The third-order valence-corrected chi connectivity index (χ3v) is 4.34. The Morgan fingerprint density at radius 1 is 1.56 bits per heavy atom. The zero-order valence-corrected chi connectivity index (χ0v) is 12.0. The van der Waals surface area contributed by atoms with Gasteiger partial charge in [-0.1, -0.05) is 0 Å². The van der Waals surface area contributed by atoms with Crippen LogP contribution in [0.5, 0.6) is 0 Å². The predicted molar refractivity (Wildman–Crippen MR) is 71.6 cm³/mol. The molecule has 7 heteroatoms. The van der Waals surface area contributed by atoms with E-state index >= 15 is 0 Å². The summed E-state index contributed by atoms with van der Waals surface area (Å²) in [5, 5.41) is 11.9. The molecule has 18 heavy (non-hydrogen) atoms. The molecule has 0 spiro atoms. The first-order chi connectivity index (χ1) is 8.56. The van der Waals surface area contributed by atoms with E-state index in [-0.39, 0.29) is 18.4 Å². The maximum atomic E-state index is 11.7. The minimum atomic E-state index is -0.432. The molecule has 0 unspecified atom stereocenters. The topological polar surface area (TPSA) is 69.6 Å². The normalized spacial score (nSPS) is 19.0. The van der Waals surface area contributed by atoms with E-state index in [1.807, 2.05) is 0 Å². The van der Waals surface area contributed by atoms with Crippen molar-refractivity contribution in [2.24, 2.45) is 0 Å². The Morgan fingerprint density at radius 2 is 2.33 bits per heavy atom. The number of aliphatic hydroxyl groups is 1. The minimum absolute atomic E-state index is 0.0267. The van der Waals surface area contributed by atoms with E-state index in [1.54, 1.807) is 17.0 Å². The highest BCUT2D eigenvalue weighted by atomic mass is 79.9. The fourth-order valence-electron chi connectivity index (χ4n) is 1.76. The summed E-state index contributed by atoms with van der Waals surface area (Å²) in [6.45, 7) is 0.890. The average Bonchev–Trinajstić information content (AvgIpc) is 2.94. The lowest BCUT2D eigenvalue weighted by atomic mass is 10.3. The smallest absolute Gasteiger partial charge is 0.261 e. The third-order valence-electron chi connectivity index (χ3n) is 2.71. The van der Waals surface area contributed by atoms with E-state index in [0.717, 1.165) is 3.79 Å². The summed E-state index contributed by atoms with van der Waals surface area (Å²) in [5.74, 6) is -0.408. The van der Waals surface area contributed by atoms with E-state index in [2.05, 4.69) is 21.2 Å². The van der Waals surface area contributed by atoms with Crippen LogP contribution in [0.2, 0.25) is 0 Å². The van der Waals surface area contributed by atoms with Crippen LogP contribution in [0.15, 0.2) is 15.9 Å². The standard InChI is InChI=1S/C11H13BrN2O3S/c12-9-2-1-8(18-9)11(17)13-5-10(16)14-4-3-7(15)6-14/h1-2,7,15H,3-6H2,(H,13,17)/t7-/m1/s1. The molecule has 2 rings (SSSR count). The van der Waals surface area contributed by atoms with Gasteiger partial charge in [0.1, 0.15) is 0 Å². The van der Waals surface area contributed by atoms with Gasteiger partial charge in [0.05, 0.1) is 21.3 Å². The maximum absolute atomic E-state index is 11.7. The Balaban J connectivity index is 1.81. The summed E-state index contributed by atoms with van der Waals surface area (Å²) in [6, 6.07) is 3.49. The van der Waals surface area contributed by atoms with Crippen molar-refractivity contribution in [1.29, 1.82) is 0 Å². The first-order valence-electron chi connectivity index (χ1n) is 5.55. The Kier molecular flexibility index (Phi) is 4.36. The Labute approximate surface area is 117 Å². The first-order valence-corrected chi connectivity index (χ1v) is 7.16. The zero-order valence-electron chi connectivity index (χ0n) is 9.56. The summed E-state index contributed by atoms with van der Waals surface area (Å²) in [4.78, 5) is 25.6. The average molecular weight is 333 g/mol. The summed E-state index contributed by atoms with van der Waals surface area (Å²) in [5.41, 5.74) is 0. The number of carbonyl (C=O) groups excluding carboxylic acids is 2. The van der Waals surface area contributed by atoms with E-state index in [4.69, 9.17) is 0 Å². The third kappa shape index (κ3) is 3.30.